The maximum Gasteiger partial charge on any atom is 0.132 e. The summed E-state index contributed by atoms with van der Waals surface area (Å²) in [5.74, 6) is 0.466. The molecule has 5 heteroatoms. The van der Waals surface area contributed by atoms with E-state index in [0.29, 0.717) is 18.7 Å². The van der Waals surface area contributed by atoms with Gasteiger partial charge in [-0.15, -0.1) is 11.8 Å². The number of thioether (sulfide) groups is 1. The van der Waals surface area contributed by atoms with Gasteiger partial charge in [-0.05, 0) is 30.0 Å². The van der Waals surface area contributed by atoms with E-state index in [4.69, 9.17) is 4.74 Å². The minimum atomic E-state index is -0.862. The first-order valence-corrected chi connectivity index (χ1v) is 8.22. The number of aliphatic hydroxyl groups excluding tert-OH is 1. The predicted octanol–water partition coefficient (Wildman–Crippen LogP) is 3.38. The molecule has 118 valence electrons. The molecule has 22 heavy (non-hydrogen) atoms. The zero-order valence-electron chi connectivity index (χ0n) is 12.7. The van der Waals surface area contributed by atoms with Crippen molar-refractivity contribution < 1.29 is 14.2 Å². The lowest BCUT2D eigenvalue weighted by Crippen LogP contribution is -2.21. The van der Waals surface area contributed by atoms with Crippen molar-refractivity contribution in [3.63, 3.8) is 0 Å². The molecule has 1 atom stereocenters. The fourth-order valence-electron chi connectivity index (χ4n) is 2.20. The SMILES string of the molecule is COc1ccc(CNCC(O)c2ccccc2F)cc1SC. The lowest BCUT2D eigenvalue weighted by Gasteiger charge is -2.14. The zero-order valence-corrected chi connectivity index (χ0v) is 13.5. The van der Waals surface area contributed by atoms with Gasteiger partial charge in [0.15, 0.2) is 0 Å². The van der Waals surface area contributed by atoms with Crippen LogP contribution in [0.1, 0.15) is 17.2 Å². The van der Waals surface area contributed by atoms with Crippen LogP contribution in [0.15, 0.2) is 47.4 Å². The number of methoxy groups -OCH3 is 1. The third kappa shape index (κ3) is 4.22. The molecule has 0 aliphatic carbocycles. The Kier molecular flexibility index (Phi) is 6.24. The van der Waals surface area contributed by atoms with Crippen LogP contribution in [-0.4, -0.2) is 25.0 Å². The number of hydrogen-bond acceptors (Lipinski definition) is 4. The number of ether oxygens (including phenoxy) is 1. The Hall–Kier alpha value is -1.56. The van der Waals surface area contributed by atoms with E-state index in [2.05, 4.69) is 5.32 Å². The minimum Gasteiger partial charge on any atom is -0.496 e. The number of hydrogen-bond donors (Lipinski definition) is 2. The molecule has 2 rings (SSSR count). The van der Waals surface area contributed by atoms with Gasteiger partial charge in [0, 0.05) is 23.5 Å². The van der Waals surface area contributed by atoms with Gasteiger partial charge in [0.2, 0.25) is 0 Å². The van der Waals surface area contributed by atoms with Crippen molar-refractivity contribution in [3.05, 3.63) is 59.4 Å². The van der Waals surface area contributed by atoms with Crippen LogP contribution in [0.3, 0.4) is 0 Å². The summed E-state index contributed by atoms with van der Waals surface area (Å²) in [6.07, 6.45) is 1.14. The van der Waals surface area contributed by atoms with Gasteiger partial charge in [0.1, 0.15) is 11.6 Å². The van der Waals surface area contributed by atoms with E-state index in [9.17, 15) is 9.50 Å². The largest absolute Gasteiger partial charge is 0.496 e. The predicted molar refractivity (Wildman–Crippen MR) is 87.8 cm³/mol. The highest BCUT2D eigenvalue weighted by Gasteiger charge is 2.11. The molecule has 1 unspecified atom stereocenters. The van der Waals surface area contributed by atoms with Gasteiger partial charge in [-0.2, -0.15) is 0 Å². The number of halogens is 1. The Morgan fingerprint density at radius 2 is 2.05 bits per heavy atom. The standard InChI is InChI=1S/C17H20FNO2S/c1-21-16-8-7-12(9-17(16)22-2)10-19-11-15(20)13-5-3-4-6-14(13)18/h3-9,15,19-20H,10-11H2,1-2H3. The molecule has 0 fully saturated rings. The molecule has 0 saturated carbocycles. The first-order chi connectivity index (χ1) is 10.7. The van der Waals surface area contributed by atoms with E-state index in [1.54, 1.807) is 37.1 Å². The van der Waals surface area contributed by atoms with Gasteiger partial charge in [0.25, 0.3) is 0 Å². The van der Waals surface area contributed by atoms with E-state index < -0.39 is 6.10 Å². The third-order valence-corrected chi connectivity index (χ3v) is 4.14. The molecule has 3 nitrogen and oxygen atoms in total. The van der Waals surface area contributed by atoms with Crippen LogP contribution in [0.4, 0.5) is 4.39 Å². The number of benzene rings is 2. The molecule has 2 N–H and O–H groups in total. The minimum absolute atomic E-state index is 0.293. The topological polar surface area (TPSA) is 41.5 Å². The maximum atomic E-state index is 13.6. The number of rotatable bonds is 7. The van der Waals surface area contributed by atoms with Gasteiger partial charge < -0.3 is 15.2 Å². The quantitative estimate of drug-likeness (QED) is 0.767. The molecular formula is C17H20FNO2S. The average molecular weight is 321 g/mol. The fourth-order valence-corrected chi connectivity index (χ4v) is 2.82. The number of aliphatic hydroxyl groups is 1. The Bertz CT molecular complexity index is 621. The summed E-state index contributed by atoms with van der Waals surface area (Å²) in [5.41, 5.74) is 1.40. The molecule has 0 radical (unpaired) electrons. The second-order valence-corrected chi connectivity index (χ2v) is 5.71. The van der Waals surface area contributed by atoms with E-state index in [1.165, 1.54) is 6.07 Å². The highest BCUT2D eigenvalue weighted by Crippen LogP contribution is 2.28. The van der Waals surface area contributed by atoms with Crippen LogP contribution in [0.25, 0.3) is 0 Å². The van der Waals surface area contributed by atoms with E-state index in [1.807, 2.05) is 24.5 Å². The normalized spacial score (nSPS) is 12.2. The van der Waals surface area contributed by atoms with E-state index in [-0.39, 0.29) is 5.82 Å². The van der Waals surface area contributed by atoms with Crippen molar-refractivity contribution in [2.45, 2.75) is 17.5 Å². The van der Waals surface area contributed by atoms with Crippen LogP contribution >= 0.6 is 11.8 Å². The molecule has 2 aromatic rings. The molecule has 0 aromatic heterocycles. The monoisotopic (exact) mass is 321 g/mol. The molecule has 0 aliphatic heterocycles. The lowest BCUT2D eigenvalue weighted by molar-refractivity contribution is 0.169. The van der Waals surface area contributed by atoms with Crippen LogP contribution < -0.4 is 10.1 Å². The lowest BCUT2D eigenvalue weighted by atomic mass is 10.1. The van der Waals surface area contributed by atoms with Crippen molar-refractivity contribution >= 4 is 11.8 Å². The molecule has 0 heterocycles. The van der Waals surface area contributed by atoms with Crippen LogP contribution in [0.2, 0.25) is 0 Å². The Labute approximate surface area is 134 Å². The maximum absolute atomic E-state index is 13.6. The summed E-state index contributed by atoms with van der Waals surface area (Å²) in [6.45, 7) is 0.893. The summed E-state index contributed by atoms with van der Waals surface area (Å²) in [5, 5.41) is 13.2. The van der Waals surface area contributed by atoms with Crippen molar-refractivity contribution in [2.75, 3.05) is 19.9 Å². The van der Waals surface area contributed by atoms with Crippen LogP contribution in [0.5, 0.6) is 5.75 Å². The Morgan fingerprint density at radius 1 is 1.27 bits per heavy atom. The molecule has 0 spiro atoms. The summed E-state index contributed by atoms with van der Waals surface area (Å²) in [4.78, 5) is 1.07. The molecule has 2 aromatic carbocycles. The first kappa shape index (κ1) is 16.8. The van der Waals surface area contributed by atoms with E-state index in [0.717, 1.165) is 16.2 Å². The highest BCUT2D eigenvalue weighted by molar-refractivity contribution is 7.98. The second kappa shape index (κ2) is 8.17. The van der Waals surface area contributed by atoms with Crippen molar-refractivity contribution in [3.8, 4) is 5.75 Å². The van der Waals surface area contributed by atoms with Crippen LogP contribution in [-0.2, 0) is 6.54 Å². The molecule has 0 aliphatic rings. The Balaban J connectivity index is 1.92. The van der Waals surface area contributed by atoms with Gasteiger partial charge >= 0.3 is 0 Å². The smallest absolute Gasteiger partial charge is 0.132 e. The molecule has 0 bridgehead atoms. The number of nitrogens with one attached hydrogen (secondary N) is 1. The fraction of sp³-hybridized carbons (Fsp3) is 0.294. The zero-order chi connectivity index (χ0) is 15.9. The molecule has 0 saturated heterocycles. The van der Waals surface area contributed by atoms with Crippen molar-refractivity contribution in [1.82, 2.24) is 5.32 Å². The average Bonchev–Trinajstić information content (AvgIpc) is 2.55. The Morgan fingerprint density at radius 3 is 2.73 bits per heavy atom. The summed E-state index contributed by atoms with van der Waals surface area (Å²) in [6, 6.07) is 12.2. The molecule has 0 amide bonds. The highest BCUT2D eigenvalue weighted by atomic mass is 32.2. The van der Waals surface area contributed by atoms with Crippen LogP contribution in [0, 0.1) is 5.82 Å². The van der Waals surface area contributed by atoms with Crippen molar-refractivity contribution in [1.29, 1.82) is 0 Å². The summed E-state index contributed by atoms with van der Waals surface area (Å²) < 4.78 is 18.8. The second-order valence-electron chi connectivity index (χ2n) is 4.86. The van der Waals surface area contributed by atoms with E-state index >= 15 is 0 Å². The molecular weight excluding hydrogens is 301 g/mol. The summed E-state index contributed by atoms with van der Waals surface area (Å²) >= 11 is 1.62. The van der Waals surface area contributed by atoms with Crippen molar-refractivity contribution in [2.24, 2.45) is 0 Å². The van der Waals surface area contributed by atoms with Gasteiger partial charge in [-0.25, -0.2) is 4.39 Å². The first-order valence-electron chi connectivity index (χ1n) is 6.99. The summed E-state index contributed by atoms with van der Waals surface area (Å²) in [7, 11) is 1.65. The van der Waals surface area contributed by atoms with Gasteiger partial charge in [-0.1, -0.05) is 24.3 Å². The van der Waals surface area contributed by atoms with Gasteiger partial charge in [-0.3, -0.25) is 0 Å². The van der Waals surface area contributed by atoms with Gasteiger partial charge in [0.05, 0.1) is 13.2 Å². The third-order valence-electron chi connectivity index (χ3n) is 3.38.